The molecule has 3 rings (SSSR count). The van der Waals surface area contributed by atoms with Gasteiger partial charge in [-0.2, -0.15) is 0 Å². The van der Waals surface area contributed by atoms with Crippen molar-refractivity contribution in [1.29, 1.82) is 0 Å². The molecule has 1 aliphatic heterocycles. The van der Waals surface area contributed by atoms with E-state index >= 15 is 0 Å². The summed E-state index contributed by atoms with van der Waals surface area (Å²) in [6.07, 6.45) is 0.506. The first-order valence-corrected chi connectivity index (χ1v) is 6.50. The van der Waals surface area contributed by atoms with Crippen LogP contribution in [0.3, 0.4) is 0 Å². The zero-order chi connectivity index (χ0) is 12.5. The minimum Gasteiger partial charge on any atom is -0.391 e. The Morgan fingerprint density at radius 2 is 2.16 bits per heavy atom. The van der Waals surface area contributed by atoms with Crippen molar-refractivity contribution in [2.75, 3.05) is 19.6 Å². The van der Waals surface area contributed by atoms with Crippen LogP contribution in [-0.4, -0.2) is 36.8 Å². The fourth-order valence-corrected chi connectivity index (χ4v) is 2.78. The van der Waals surface area contributed by atoms with E-state index in [1.54, 1.807) is 0 Å². The summed E-state index contributed by atoms with van der Waals surface area (Å²) in [6.45, 7) is 1.97. The van der Waals surface area contributed by atoms with Gasteiger partial charge in [-0.05, 0) is 17.5 Å². The second-order valence-electron chi connectivity index (χ2n) is 5.19. The quantitative estimate of drug-likeness (QED) is 0.754. The molecular weight excluding hydrogens is 264 g/mol. The van der Waals surface area contributed by atoms with Crippen molar-refractivity contribution in [3.8, 4) is 0 Å². The van der Waals surface area contributed by atoms with Gasteiger partial charge in [0.25, 0.3) is 0 Å². The number of aliphatic hydroxyl groups excluding tert-OH is 1. The molecule has 3 unspecified atom stereocenters. The summed E-state index contributed by atoms with van der Waals surface area (Å²) in [5, 5.41) is 15.7. The van der Waals surface area contributed by atoms with Crippen LogP contribution in [0.5, 0.6) is 0 Å². The highest BCUT2D eigenvalue weighted by Gasteiger charge is 2.32. The first kappa shape index (κ1) is 14.3. The summed E-state index contributed by atoms with van der Waals surface area (Å²) in [4.78, 5) is 12.0. The lowest BCUT2D eigenvalue weighted by atomic mass is 9.77. The van der Waals surface area contributed by atoms with E-state index in [4.69, 9.17) is 0 Å². The van der Waals surface area contributed by atoms with Crippen LogP contribution in [0.1, 0.15) is 17.0 Å². The number of rotatable bonds is 3. The zero-order valence-electron chi connectivity index (χ0n) is 10.6. The number of hydrogen-bond acceptors (Lipinski definition) is 3. The number of nitrogens with one attached hydrogen (secondary N) is 2. The van der Waals surface area contributed by atoms with Gasteiger partial charge in [-0.25, -0.2) is 0 Å². The van der Waals surface area contributed by atoms with E-state index < -0.39 is 0 Å². The molecule has 4 nitrogen and oxygen atoms in total. The molecule has 0 radical (unpaired) electrons. The molecule has 5 heteroatoms. The van der Waals surface area contributed by atoms with Gasteiger partial charge in [0.05, 0.1) is 12.0 Å². The molecule has 1 heterocycles. The fraction of sp³-hybridized carbons (Fsp3) is 0.500. The minimum atomic E-state index is -0.334. The molecule has 1 fully saturated rings. The second kappa shape index (κ2) is 5.90. The smallest absolute Gasteiger partial charge is 0.227 e. The Bertz CT molecular complexity index is 467. The Balaban J connectivity index is 0.00000133. The highest BCUT2D eigenvalue weighted by Crippen LogP contribution is 2.34. The predicted molar refractivity (Wildman–Crippen MR) is 75.5 cm³/mol. The van der Waals surface area contributed by atoms with Gasteiger partial charge in [0.15, 0.2) is 0 Å². The number of amides is 1. The number of carbonyl (C=O) groups is 1. The third-order valence-electron chi connectivity index (χ3n) is 4.01. The lowest BCUT2D eigenvalue weighted by molar-refractivity contribution is -0.123. The second-order valence-corrected chi connectivity index (χ2v) is 5.19. The van der Waals surface area contributed by atoms with Gasteiger partial charge in [-0.1, -0.05) is 24.3 Å². The first-order chi connectivity index (χ1) is 8.75. The first-order valence-electron chi connectivity index (χ1n) is 6.50. The van der Waals surface area contributed by atoms with Gasteiger partial charge in [0.2, 0.25) is 5.91 Å². The molecular formula is C14H19ClN2O2. The number of halogens is 1. The number of fused-ring (bicyclic) bond motifs is 1. The maximum Gasteiger partial charge on any atom is 0.227 e. The van der Waals surface area contributed by atoms with Crippen LogP contribution >= 0.6 is 12.4 Å². The highest BCUT2D eigenvalue weighted by atomic mass is 35.5. The molecule has 0 spiro atoms. The van der Waals surface area contributed by atoms with Gasteiger partial charge in [-0.15, -0.1) is 12.4 Å². The summed E-state index contributed by atoms with van der Waals surface area (Å²) in [7, 11) is 0. The van der Waals surface area contributed by atoms with E-state index in [-0.39, 0.29) is 36.3 Å². The summed E-state index contributed by atoms with van der Waals surface area (Å²) in [5.41, 5.74) is 2.43. The molecule has 1 amide bonds. The van der Waals surface area contributed by atoms with Crippen LogP contribution in [0.4, 0.5) is 0 Å². The topological polar surface area (TPSA) is 61.4 Å². The van der Waals surface area contributed by atoms with Crippen LogP contribution in [0.2, 0.25) is 0 Å². The molecule has 104 valence electrons. The predicted octanol–water partition coefficient (Wildman–Crippen LogP) is 0.445. The molecule has 2 aliphatic rings. The number of aliphatic hydroxyl groups is 1. The van der Waals surface area contributed by atoms with Crippen LogP contribution in [0.15, 0.2) is 24.3 Å². The van der Waals surface area contributed by atoms with Crippen LogP contribution < -0.4 is 10.6 Å². The van der Waals surface area contributed by atoms with Crippen LogP contribution in [0.25, 0.3) is 0 Å². The summed E-state index contributed by atoms with van der Waals surface area (Å²) in [5.74, 6) is 0.241. The third-order valence-corrected chi connectivity index (χ3v) is 4.01. The molecule has 3 N–H and O–H groups in total. The van der Waals surface area contributed by atoms with Gasteiger partial charge >= 0.3 is 0 Å². The summed E-state index contributed by atoms with van der Waals surface area (Å²) in [6, 6.07) is 8.08. The number of benzene rings is 1. The van der Waals surface area contributed by atoms with E-state index in [0.29, 0.717) is 13.1 Å². The van der Waals surface area contributed by atoms with E-state index in [1.807, 2.05) is 18.2 Å². The van der Waals surface area contributed by atoms with E-state index in [2.05, 4.69) is 16.7 Å². The minimum absolute atomic E-state index is 0. The average molecular weight is 283 g/mol. The Hall–Kier alpha value is -1.10. The van der Waals surface area contributed by atoms with Crippen molar-refractivity contribution in [2.24, 2.45) is 5.92 Å². The normalized spacial score (nSPS) is 27.9. The van der Waals surface area contributed by atoms with Crippen molar-refractivity contribution in [3.63, 3.8) is 0 Å². The molecule has 1 aliphatic carbocycles. The van der Waals surface area contributed by atoms with Crippen LogP contribution in [-0.2, 0) is 11.2 Å². The van der Waals surface area contributed by atoms with Gasteiger partial charge < -0.3 is 15.7 Å². The van der Waals surface area contributed by atoms with Crippen molar-refractivity contribution in [1.82, 2.24) is 10.6 Å². The Morgan fingerprint density at radius 1 is 1.37 bits per heavy atom. The van der Waals surface area contributed by atoms with E-state index in [0.717, 1.165) is 18.5 Å². The summed E-state index contributed by atoms with van der Waals surface area (Å²) >= 11 is 0. The Morgan fingerprint density at radius 3 is 2.84 bits per heavy atom. The fourth-order valence-electron chi connectivity index (χ4n) is 2.78. The molecule has 1 aromatic carbocycles. The van der Waals surface area contributed by atoms with Crippen molar-refractivity contribution < 1.29 is 9.90 Å². The molecule has 19 heavy (non-hydrogen) atoms. The Kier molecular flexibility index (Phi) is 4.45. The molecule has 0 aromatic heterocycles. The maximum absolute atomic E-state index is 12.0. The SMILES string of the molecule is Cl.O=C(NCC1CNCC1O)C1Cc2ccccc21. The molecule has 0 saturated carbocycles. The number of carbonyl (C=O) groups excluding carboxylic acids is 1. The largest absolute Gasteiger partial charge is 0.391 e. The molecule has 1 aromatic rings. The van der Waals surface area contributed by atoms with Crippen molar-refractivity contribution >= 4 is 18.3 Å². The number of β-amino-alcohol motifs (C(OH)–C–C–N with tert-alkyl or cyclic N) is 1. The van der Waals surface area contributed by atoms with Crippen molar-refractivity contribution in [2.45, 2.75) is 18.4 Å². The lowest BCUT2D eigenvalue weighted by Gasteiger charge is -2.29. The standard InChI is InChI=1S/C14H18N2O2.ClH/c17-13-8-15-6-10(13)7-16-14(18)12-5-9-3-1-2-4-11(9)12;/h1-4,10,12-13,15,17H,5-8H2,(H,16,18);1H. The van der Waals surface area contributed by atoms with Crippen molar-refractivity contribution in [3.05, 3.63) is 35.4 Å². The highest BCUT2D eigenvalue weighted by molar-refractivity contribution is 5.86. The van der Waals surface area contributed by atoms with Gasteiger partial charge in [0.1, 0.15) is 0 Å². The molecule has 3 atom stereocenters. The van der Waals surface area contributed by atoms with Crippen LogP contribution in [0, 0.1) is 5.92 Å². The Labute approximate surface area is 119 Å². The molecule has 1 saturated heterocycles. The lowest BCUT2D eigenvalue weighted by Crippen LogP contribution is -2.40. The van der Waals surface area contributed by atoms with E-state index in [1.165, 1.54) is 5.56 Å². The monoisotopic (exact) mass is 282 g/mol. The van der Waals surface area contributed by atoms with E-state index in [9.17, 15) is 9.90 Å². The average Bonchev–Trinajstić information content (AvgIpc) is 2.74. The van der Waals surface area contributed by atoms with Gasteiger partial charge in [0, 0.05) is 25.6 Å². The zero-order valence-corrected chi connectivity index (χ0v) is 11.5. The number of hydrogen-bond donors (Lipinski definition) is 3. The maximum atomic E-state index is 12.0. The third kappa shape index (κ3) is 2.76. The molecule has 0 bridgehead atoms. The van der Waals surface area contributed by atoms with Gasteiger partial charge in [-0.3, -0.25) is 4.79 Å². The summed E-state index contributed by atoms with van der Waals surface area (Å²) < 4.78 is 0.